The number of hydrogen-bond donors (Lipinski definition) is 2. The maximum absolute atomic E-state index is 11.7. The van der Waals surface area contributed by atoms with Crippen LogP contribution in [0.4, 0.5) is 0 Å². The van der Waals surface area contributed by atoms with Crippen molar-refractivity contribution in [3.05, 3.63) is 12.5 Å². The van der Waals surface area contributed by atoms with E-state index in [0.29, 0.717) is 13.1 Å². The number of sulfonamides is 1. The van der Waals surface area contributed by atoms with Gasteiger partial charge in [0.25, 0.3) is 10.0 Å². The third-order valence-electron chi connectivity index (χ3n) is 2.24. The monoisotopic (exact) mass is 246 g/mol. The summed E-state index contributed by atoms with van der Waals surface area (Å²) < 4.78 is 27.6. The molecule has 0 amide bonds. The molecule has 7 heteroatoms. The minimum atomic E-state index is -3.48. The zero-order valence-electron chi connectivity index (χ0n) is 9.55. The molecule has 6 nitrogen and oxygen atoms in total. The predicted molar refractivity (Wildman–Crippen MR) is 61.2 cm³/mol. The molecule has 0 bridgehead atoms. The number of imidazole rings is 1. The fraction of sp³-hybridized carbons (Fsp3) is 0.667. The van der Waals surface area contributed by atoms with E-state index in [2.05, 4.69) is 9.71 Å². The average molecular weight is 246 g/mol. The Morgan fingerprint density at radius 1 is 1.62 bits per heavy atom. The molecular weight excluding hydrogens is 228 g/mol. The van der Waals surface area contributed by atoms with Gasteiger partial charge < -0.3 is 10.3 Å². The zero-order valence-corrected chi connectivity index (χ0v) is 10.4. The van der Waals surface area contributed by atoms with Crippen LogP contribution in [0.2, 0.25) is 0 Å². The number of nitrogens with one attached hydrogen (secondary N) is 1. The van der Waals surface area contributed by atoms with Gasteiger partial charge in [0.1, 0.15) is 0 Å². The van der Waals surface area contributed by atoms with E-state index in [0.717, 1.165) is 6.42 Å². The molecule has 0 aliphatic carbocycles. The van der Waals surface area contributed by atoms with Crippen LogP contribution in [-0.4, -0.2) is 31.1 Å². The quantitative estimate of drug-likeness (QED) is 0.720. The van der Waals surface area contributed by atoms with Crippen molar-refractivity contribution < 1.29 is 8.42 Å². The molecule has 0 radical (unpaired) electrons. The predicted octanol–water partition coefficient (Wildman–Crippen LogP) is -0.317. The second kappa shape index (κ2) is 5.42. The van der Waals surface area contributed by atoms with E-state index in [9.17, 15) is 8.42 Å². The van der Waals surface area contributed by atoms with Crippen molar-refractivity contribution in [1.82, 2.24) is 14.3 Å². The molecule has 1 aromatic heterocycles. The van der Waals surface area contributed by atoms with Crippen LogP contribution in [0.1, 0.15) is 13.3 Å². The lowest BCUT2D eigenvalue weighted by molar-refractivity contribution is 0.514. The molecular formula is C9H18N4O2S. The molecule has 92 valence electrons. The molecule has 0 saturated heterocycles. The molecule has 16 heavy (non-hydrogen) atoms. The number of hydrogen-bond acceptors (Lipinski definition) is 4. The van der Waals surface area contributed by atoms with Gasteiger partial charge in [-0.15, -0.1) is 0 Å². The molecule has 1 rings (SSSR count). The number of nitrogens with two attached hydrogens (primary N) is 1. The van der Waals surface area contributed by atoms with Crippen molar-refractivity contribution in [2.45, 2.75) is 18.4 Å². The van der Waals surface area contributed by atoms with Crippen LogP contribution in [0.25, 0.3) is 0 Å². The van der Waals surface area contributed by atoms with Gasteiger partial charge in [-0.2, -0.15) is 0 Å². The first-order valence-electron chi connectivity index (χ1n) is 5.13. The van der Waals surface area contributed by atoms with Gasteiger partial charge in [0.05, 0.1) is 6.33 Å². The second-order valence-corrected chi connectivity index (χ2v) is 5.63. The first-order valence-corrected chi connectivity index (χ1v) is 6.61. The summed E-state index contributed by atoms with van der Waals surface area (Å²) in [7, 11) is -1.75. The van der Waals surface area contributed by atoms with Crippen molar-refractivity contribution in [2.24, 2.45) is 18.7 Å². The Kier molecular flexibility index (Phi) is 4.45. The lowest BCUT2D eigenvalue weighted by atomic mass is 10.1. The van der Waals surface area contributed by atoms with E-state index in [1.165, 1.54) is 12.5 Å². The van der Waals surface area contributed by atoms with Crippen LogP contribution in [0.3, 0.4) is 0 Å². The number of aromatic nitrogens is 2. The molecule has 0 saturated carbocycles. The molecule has 0 aliphatic rings. The highest BCUT2D eigenvalue weighted by atomic mass is 32.2. The van der Waals surface area contributed by atoms with E-state index in [-0.39, 0.29) is 10.9 Å². The Labute approximate surface area is 95.9 Å². The smallest absolute Gasteiger partial charge is 0.259 e. The van der Waals surface area contributed by atoms with E-state index >= 15 is 0 Å². The van der Waals surface area contributed by atoms with Crippen LogP contribution >= 0.6 is 0 Å². The van der Waals surface area contributed by atoms with Gasteiger partial charge in [0.2, 0.25) is 0 Å². The summed E-state index contributed by atoms with van der Waals surface area (Å²) in [6, 6.07) is 0. The van der Waals surface area contributed by atoms with Gasteiger partial charge in [-0.25, -0.2) is 18.1 Å². The van der Waals surface area contributed by atoms with Crippen LogP contribution in [0.15, 0.2) is 17.6 Å². The lowest BCUT2D eigenvalue weighted by Gasteiger charge is -2.10. The van der Waals surface area contributed by atoms with E-state index in [1.54, 1.807) is 11.6 Å². The van der Waals surface area contributed by atoms with Crippen molar-refractivity contribution in [2.75, 3.05) is 13.1 Å². The largest absolute Gasteiger partial charge is 0.339 e. The van der Waals surface area contributed by atoms with Gasteiger partial charge in [0.15, 0.2) is 5.03 Å². The molecule has 1 heterocycles. The van der Waals surface area contributed by atoms with Crippen LogP contribution < -0.4 is 10.5 Å². The third kappa shape index (κ3) is 3.58. The Morgan fingerprint density at radius 2 is 2.31 bits per heavy atom. The Morgan fingerprint density at radius 3 is 2.81 bits per heavy atom. The Balaban J connectivity index is 2.59. The second-order valence-electron chi connectivity index (χ2n) is 3.91. The summed E-state index contributed by atoms with van der Waals surface area (Å²) in [5.74, 6) is 0.225. The third-order valence-corrected chi connectivity index (χ3v) is 3.55. The zero-order chi connectivity index (χ0) is 12.2. The maximum Gasteiger partial charge on any atom is 0.259 e. The van der Waals surface area contributed by atoms with E-state index in [1.807, 2.05) is 6.92 Å². The molecule has 1 unspecified atom stereocenters. The first kappa shape index (κ1) is 13.1. The number of nitrogens with zero attached hydrogens (tertiary/aromatic N) is 2. The summed E-state index contributed by atoms with van der Waals surface area (Å²) in [5, 5.41) is 0.0509. The number of aryl methyl sites for hydroxylation is 1. The highest BCUT2D eigenvalue weighted by Gasteiger charge is 2.17. The summed E-state index contributed by atoms with van der Waals surface area (Å²) in [6.45, 7) is 2.90. The molecule has 3 N–H and O–H groups in total. The SMILES string of the molecule is CC(CCN)CNS(=O)(=O)c1cn(C)cn1. The van der Waals surface area contributed by atoms with Crippen LogP contribution in [0, 0.1) is 5.92 Å². The minimum Gasteiger partial charge on any atom is -0.339 e. The topological polar surface area (TPSA) is 90.0 Å². The molecule has 0 aliphatic heterocycles. The summed E-state index contributed by atoms with van der Waals surface area (Å²) in [5.41, 5.74) is 5.39. The standard InChI is InChI=1S/C9H18N4O2S/c1-8(3-4-10)5-12-16(14,15)9-6-13(2)7-11-9/h6-8,12H,3-5,10H2,1-2H3. The molecule has 1 aromatic rings. The van der Waals surface area contributed by atoms with Crippen LogP contribution in [0.5, 0.6) is 0 Å². The summed E-state index contributed by atoms with van der Waals surface area (Å²) >= 11 is 0. The first-order chi connectivity index (χ1) is 7.45. The van der Waals surface area contributed by atoms with Crippen molar-refractivity contribution >= 4 is 10.0 Å². The normalized spacial score (nSPS) is 13.9. The highest BCUT2D eigenvalue weighted by Crippen LogP contribution is 2.05. The average Bonchev–Trinajstić information content (AvgIpc) is 2.63. The van der Waals surface area contributed by atoms with Gasteiger partial charge in [-0.3, -0.25) is 0 Å². The number of rotatable bonds is 6. The highest BCUT2D eigenvalue weighted by molar-refractivity contribution is 7.89. The van der Waals surface area contributed by atoms with Crippen molar-refractivity contribution in [3.8, 4) is 0 Å². The van der Waals surface area contributed by atoms with E-state index in [4.69, 9.17) is 5.73 Å². The van der Waals surface area contributed by atoms with Gasteiger partial charge in [-0.05, 0) is 18.9 Å². The minimum absolute atomic E-state index is 0.0509. The molecule has 1 atom stereocenters. The molecule has 0 aromatic carbocycles. The molecule has 0 fully saturated rings. The van der Waals surface area contributed by atoms with Crippen molar-refractivity contribution in [1.29, 1.82) is 0 Å². The van der Waals surface area contributed by atoms with Crippen molar-refractivity contribution in [3.63, 3.8) is 0 Å². The fourth-order valence-electron chi connectivity index (χ4n) is 1.24. The Bertz CT molecular complexity index is 426. The van der Waals surface area contributed by atoms with Crippen LogP contribution in [-0.2, 0) is 17.1 Å². The van der Waals surface area contributed by atoms with Gasteiger partial charge in [0, 0.05) is 19.8 Å². The van der Waals surface area contributed by atoms with Gasteiger partial charge in [-0.1, -0.05) is 6.92 Å². The summed E-state index contributed by atoms with van der Waals surface area (Å²) in [4.78, 5) is 3.80. The fourth-order valence-corrected chi connectivity index (χ4v) is 2.38. The molecule has 0 spiro atoms. The van der Waals surface area contributed by atoms with Gasteiger partial charge >= 0.3 is 0 Å². The maximum atomic E-state index is 11.7. The summed E-state index contributed by atoms with van der Waals surface area (Å²) in [6.07, 6.45) is 3.72. The van der Waals surface area contributed by atoms with E-state index < -0.39 is 10.0 Å². The Hall–Kier alpha value is -0.920. The lowest BCUT2D eigenvalue weighted by Crippen LogP contribution is -2.29.